The largest absolute Gasteiger partial charge is 0.492 e. The van der Waals surface area contributed by atoms with Gasteiger partial charge in [0, 0.05) is 23.7 Å². The van der Waals surface area contributed by atoms with Gasteiger partial charge in [-0.2, -0.15) is 0 Å². The number of anilines is 1. The Morgan fingerprint density at radius 1 is 1.19 bits per heavy atom. The highest BCUT2D eigenvalue weighted by Gasteiger charge is 2.27. The summed E-state index contributed by atoms with van der Waals surface area (Å²) < 4.78 is 36.5. The molecule has 2 N–H and O–H groups in total. The molecule has 2 amide bonds. The van der Waals surface area contributed by atoms with E-state index in [1.54, 1.807) is 18.2 Å². The molecule has 1 heterocycles. The average Bonchev–Trinajstić information content (AvgIpc) is 2.64. The van der Waals surface area contributed by atoms with Gasteiger partial charge < -0.3 is 20.1 Å². The molecule has 0 spiro atoms. The van der Waals surface area contributed by atoms with E-state index in [4.69, 9.17) is 4.74 Å². The lowest BCUT2D eigenvalue weighted by Gasteiger charge is -2.27. The van der Waals surface area contributed by atoms with E-state index in [1.807, 2.05) is 0 Å². The van der Waals surface area contributed by atoms with Crippen LogP contribution in [0.25, 0.3) is 0 Å². The van der Waals surface area contributed by atoms with Crippen molar-refractivity contribution in [2.24, 2.45) is 0 Å². The first-order valence-electron chi connectivity index (χ1n) is 7.86. The molecule has 0 fully saturated rings. The van der Waals surface area contributed by atoms with Crippen LogP contribution in [0.15, 0.2) is 36.4 Å². The van der Waals surface area contributed by atoms with E-state index >= 15 is 0 Å². The predicted molar refractivity (Wildman–Crippen MR) is 89.1 cm³/mol. The number of amides is 2. The molecule has 3 rings (SSSR count). The zero-order chi connectivity index (χ0) is 18.7. The molecule has 26 heavy (non-hydrogen) atoms. The molecule has 1 aliphatic rings. The molecule has 1 atom stereocenters. The number of carbonyl (C=O) groups is 2. The number of alkyl carbamates (subject to hydrolysis) is 1. The zero-order valence-corrected chi connectivity index (χ0v) is 13.8. The summed E-state index contributed by atoms with van der Waals surface area (Å²) >= 11 is 0. The standard InChI is InChI=1S/C18H16F2N2O4/c1-25-18(24)22-15-7-8-26-16-11(15)3-2-4-12(16)17(23)21-10-5-6-13(19)14(20)9-10/h2-6,9,15H,7-8H2,1H3,(H,21,23)(H,22,24)/t15-/m0/s1. The summed E-state index contributed by atoms with van der Waals surface area (Å²) in [5, 5.41) is 5.20. The Morgan fingerprint density at radius 2 is 2.00 bits per heavy atom. The van der Waals surface area contributed by atoms with Crippen LogP contribution in [-0.2, 0) is 4.74 Å². The van der Waals surface area contributed by atoms with Crippen molar-refractivity contribution in [3.8, 4) is 5.75 Å². The third-order valence-electron chi connectivity index (χ3n) is 3.97. The van der Waals surface area contributed by atoms with Crippen LogP contribution >= 0.6 is 0 Å². The lowest BCUT2D eigenvalue weighted by molar-refractivity contribution is 0.102. The molecule has 2 aromatic rings. The van der Waals surface area contributed by atoms with Crippen molar-refractivity contribution in [3.05, 3.63) is 59.2 Å². The highest BCUT2D eigenvalue weighted by Crippen LogP contribution is 2.35. The predicted octanol–water partition coefficient (Wildman–Crippen LogP) is 3.40. The van der Waals surface area contributed by atoms with E-state index < -0.39 is 23.6 Å². The van der Waals surface area contributed by atoms with Gasteiger partial charge in [0.25, 0.3) is 5.91 Å². The van der Waals surface area contributed by atoms with Crippen molar-refractivity contribution in [1.82, 2.24) is 5.32 Å². The first-order chi connectivity index (χ1) is 12.5. The lowest BCUT2D eigenvalue weighted by Crippen LogP contribution is -2.32. The van der Waals surface area contributed by atoms with Gasteiger partial charge in [0.05, 0.1) is 25.3 Å². The lowest BCUT2D eigenvalue weighted by atomic mass is 9.97. The molecule has 8 heteroatoms. The van der Waals surface area contributed by atoms with Gasteiger partial charge in [-0.05, 0) is 18.2 Å². The van der Waals surface area contributed by atoms with E-state index in [0.717, 1.165) is 12.1 Å². The van der Waals surface area contributed by atoms with Gasteiger partial charge in [0.15, 0.2) is 11.6 Å². The SMILES string of the molecule is COC(=O)N[C@H]1CCOc2c(C(=O)Nc3ccc(F)c(F)c3)cccc21. The van der Waals surface area contributed by atoms with Crippen LogP contribution in [-0.4, -0.2) is 25.7 Å². The normalized spacial score (nSPS) is 15.4. The van der Waals surface area contributed by atoms with Crippen molar-refractivity contribution < 1.29 is 27.8 Å². The Bertz CT molecular complexity index is 857. The van der Waals surface area contributed by atoms with E-state index in [-0.39, 0.29) is 17.3 Å². The highest BCUT2D eigenvalue weighted by atomic mass is 19.2. The summed E-state index contributed by atoms with van der Waals surface area (Å²) in [5.74, 6) is -2.26. The molecular weight excluding hydrogens is 346 g/mol. The maximum Gasteiger partial charge on any atom is 0.407 e. The zero-order valence-electron chi connectivity index (χ0n) is 13.8. The molecule has 0 saturated heterocycles. The van der Waals surface area contributed by atoms with Crippen molar-refractivity contribution in [3.63, 3.8) is 0 Å². The topological polar surface area (TPSA) is 76.7 Å². The molecule has 2 aromatic carbocycles. The van der Waals surface area contributed by atoms with E-state index in [0.29, 0.717) is 24.3 Å². The van der Waals surface area contributed by atoms with Crippen molar-refractivity contribution in [1.29, 1.82) is 0 Å². The van der Waals surface area contributed by atoms with Crippen LogP contribution in [0.1, 0.15) is 28.4 Å². The van der Waals surface area contributed by atoms with Crippen molar-refractivity contribution in [2.75, 3.05) is 19.0 Å². The van der Waals surface area contributed by atoms with E-state index in [2.05, 4.69) is 15.4 Å². The number of hydrogen-bond acceptors (Lipinski definition) is 4. The second-order valence-corrected chi connectivity index (χ2v) is 5.63. The minimum Gasteiger partial charge on any atom is -0.492 e. The second-order valence-electron chi connectivity index (χ2n) is 5.63. The van der Waals surface area contributed by atoms with Gasteiger partial charge in [0.2, 0.25) is 0 Å². The molecule has 0 aliphatic carbocycles. The van der Waals surface area contributed by atoms with E-state index in [1.165, 1.54) is 13.2 Å². The summed E-state index contributed by atoms with van der Waals surface area (Å²) in [6.07, 6.45) is -0.0597. The highest BCUT2D eigenvalue weighted by molar-refractivity contribution is 6.06. The number of benzene rings is 2. The molecule has 0 radical (unpaired) electrons. The molecule has 0 unspecified atom stereocenters. The molecule has 6 nitrogen and oxygen atoms in total. The third-order valence-corrected chi connectivity index (χ3v) is 3.97. The summed E-state index contributed by atoms with van der Waals surface area (Å²) in [4.78, 5) is 24.0. The molecule has 0 bridgehead atoms. The minimum absolute atomic E-state index is 0.117. The quantitative estimate of drug-likeness (QED) is 0.877. The van der Waals surface area contributed by atoms with Crippen LogP contribution in [0.5, 0.6) is 5.75 Å². The molecule has 0 saturated carbocycles. The van der Waals surface area contributed by atoms with Crippen LogP contribution in [0.3, 0.4) is 0 Å². The second kappa shape index (κ2) is 7.38. The first-order valence-corrected chi connectivity index (χ1v) is 7.86. The minimum atomic E-state index is -1.06. The van der Waals surface area contributed by atoms with Gasteiger partial charge in [-0.1, -0.05) is 12.1 Å². The number of halogens is 2. The molecule has 0 aromatic heterocycles. The van der Waals surface area contributed by atoms with Gasteiger partial charge in [-0.25, -0.2) is 13.6 Å². The number of hydrogen-bond donors (Lipinski definition) is 2. The Hall–Kier alpha value is -3.16. The average molecular weight is 362 g/mol. The molecule has 1 aliphatic heterocycles. The Kier molecular flexibility index (Phi) is 5.01. The number of carbonyl (C=O) groups excluding carboxylic acids is 2. The third kappa shape index (κ3) is 3.58. The first kappa shape index (κ1) is 17.7. The summed E-state index contributed by atoms with van der Waals surface area (Å²) in [7, 11) is 1.27. The van der Waals surface area contributed by atoms with E-state index in [9.17, 15) is 18.4 Å². The van der Waals surface area contributed by atoms with Gasteiger partial charge in [-0.3, -0.25) is 4.79 Å². The number of methoxy groups -OCH3 is 1. The Balaban J connectivity index is 1.86. The van der Waals surface area contributed by atoms with Gasteiger partial charge in [0.1, 0.15) is 5.75 Å². The fraction of sp³-hybridized carbons (Fsp3) is 0.222. The molecule has 136 valence electrons. The summed E-state index contributed by atoms with van der Waals surface area (Å²) in [5.41, 5.74) is 0.981. The summed E-state index contributed by atoms with van der Waals surface area (Å²) in [6, 6.07) is 7.66. The van der Waals surface area contributed by atoms with Crippen molar-refractivity contribution >= 4 is 17.7 Å². The van der Waals surface area contributed by atoms with Gasteiger partial charge >= 0.3 is 6.09 Å². The number of fused-ring (bicyclic) bond motifs is 1. The van der Waals surface area contributed by atoms with Crippen molar-refractivity contribution in [2.45, 2.75) is 12.5 Å². The fourth-order valence-electron chi connectivity index (χ4n) is 2.73. The Morgan fingerprint density at radius 3 is 2.73 bits per heavy atom. The number of para-hydroxylation sites is 1. The van der Waals surface area contributed by atoms with Crippen LogP contribution < -0.4 is 15.4 Å². The van der Waals surface area contributed by atoms with Crippen LogP contribution in [0.4, 0.5) is 19.3 Å². The maximum atomic E-state index is 13.3. The van der Waals surface area contributed by atoms with Gasteiger partial charge in [-0.15, -0.1) is 0 Å². The summed E-state index contributed by atoms with van der Waals surface area (Å²) in [6.45, 7) is 0.303. The van der Waals surface area contributed by atoms with Crippen LogP contribution in [0, 0.1) is 11.6 Å². The molecular formula is C18H16F2N2O4. The maximum absolute atomic E-state index is 13.3. The fourth-order valence-corrected chi connectivity index (χ4v) is 2.73. The Labute approximate surface area is 148 Å². The number of rotatable bonds is 3. The number of ether oxygens (including phenoxy) is 2. The monoisotopic (exact) mass is 362 g/mol. The number of nitrogens with one attached hydrogen (secondary N) is 2. The smallest absolute Gasteiger partial charge is 0.407 e. The van der Waals surface area contributed by atoms with Crippen LogP contribution in [0.2, 0.25) is 0 Å².